The third-order valence-electron chi connectivity index (χ3n) is 2.74. The topological polar surface area (TPSA) is 62.5 Å². The molecule has 4 nitrogen and oxygen atoms in total. The van der Waals surface area contributed by atoms with Crippen molar-refractivity contribution >= 4 is 11.7 Å². The first kappa shape index (κ1) is 14.0. The standard InChI is InChI=1S/C13H10F3NO3/c1-6-7(4-10(20-6)13(18)19)5-17-9-3-2-8(14)11(15)12(9)16/h2-4,17H,5H2,1H3,(H,18,19). The van der Waals surface area contributed by atoms with E-state index in [1.54, 1.807) is 6.92 Å². The molecule has 0 aliphatic rings. The van der Waals surface area contributed by atoms with Gasteiger partial charge in [0.15, 0.2) is 17.5 Å². The number of aromatic carboxylic acids is 1. The number of nitrogens with one attached hydrogen (secondary N) is 1. The zero-order valence-electron chi connectivity index (χ0n) is 10.3. The van der Waals surface area contributed by atoms with Gasteiger partial charge in [0.05, 0.1) is 5.69 Å². The number of rotatable bonds is 4. The van der Waals surface area contributed by atoms with Crippen LogP contribution in [0.4, 0.5) is 18.9 Å². The van der Waals surface area contributed by atoms with E-state index in [1.165, 1.54) is 6.07 Å². The average molecular weight is 285 g/mol. The van der Waals surface area contributed by atoms with Crippen LogP contribution in [0, 0.1) is 24.4 Å². The van der Waals surface area contributed by atoms with Crippen molar-refractivity contribution in [1.29, 1.82) is 0 Å². The van der Waals surface area contributed by atoms with E-state index in [4.69, 9.17) is 9.52 Å². The van der Waals surface area contributed by atoms with E-state index < -0.39 is 23.4 Å². The van der Waals surface area contributed by atoms with Gasteiger partial charge >= 0.3 is 5.97 Å². The summed E-state index contributed by atoms with van der Waals surface area (Å²) in [5, 5.41) is 11.3. The normalized spacial score (nSPS) is 10.6. The van der Waals surface area contributed by atoms with Gasteiger partial charge in [0.25, 0.3) is 0 Å². The Kier molecular flexibility index (Phi) is 3.69. The molecule has 0 radical (unpaired) electrons. The predicted molar refractivity (Wildman–Crippen MR) is 64.0 cm³/mol. The molecule has 0 spiro atoms. The maximum Gasteiger partial charge on any atom is 0.371 e. The lowest BCUT2D eigenvalue weighted by atomic mass is 10.2. The Morgan fingerprint density at radius 3 is 2.60 bits per heavy atom. The lowest BCUT2D eigenvalue weighted by Gasteiger charge is -2.07. The first-order valence-electron chi connectivity index (χ1n) is 5.60. The summed E-state index contributed by atoms with van der Waals surface area (Å²) in [6.45, 7) is 1.57. The zero-order chi connectivity index (χ0) is 14.9. The molecule has 0 saturated carbocycles. The van der Waals surface area contributed by atoms with Gasteiger partial charge in [-0.15, -0.1) is 0 Å². The molecule has 2 aromatic rings. The van der Waals surface area contributed by atoms with Crippen LogP contribution in [0.2, 0.25) is 0 Å². The number of hydrogen-bond donors (Lipinski definition) is 2. The highest BCUT2D eigenvalue weighted by Crippen LogP contribution is 2.21. The first-order valence-corrected chi connectivity index (χ1v) is 5.60. The van der Waals surface area contributed by atoms with Crippen LogP contribution in [0.5, 0.6) is 0 Å². The molecule has 0 fully saturated rings. The van der Waals surface area contributed by atoms with E-state index in [2.05, 4.69) is 5.32 Å². The third kappa shape index (κ3) is 2.61. The molecule has 1 aromatic carbocycles. The molecule has 7 heteroatoms. The minimum absolute atomic E-state index is 0.0185. The van der Waals surface area contributed by atoms with Gasteiger partial charge in [-0.2, -0.15) is 0 Å². The molecule has 0 amide bonds. The van der Waals surface area contributed by atoms with E-state index in [1.807, 2.05) is 0 Å². The second-order valence-electron chi connectivity index (χ2n) is 4.07. The van der Waals surface area contributed by atoms with Crippen molar-refractivity contribution in [3.8, 4) is 0 Å². The molecule has 1 aromatic heterocycles. The number of benzene rings is 1. The van der Waals surface area contributed by atoms with Gasteiger partial charge in [-0.25, -0.2) is 18.0 Å². The summed E-state index contributed by atoms with van der Waals surface area (Å²) in [4.78, 5) is 10.7. The summed E-state index contributed by atoms with van der Waals surface area (Å²) in [5.41, 5.74) is 0.257. The Labute approximate surface area is 111 Å². The maximum absolute atomic E-state index is 13.4. The molecule has 0 atom stereocenters. The van der Waals surface area contributed by atoms with Crippen molar-refractivity contribution in [2.45, 2.75) is 13.5 Å². The van der Waals surface area contributed by atoms with Gasteiger partial charge in [-0.05, 0) is 25.1 Å². The van der Waals surface area contributed by atoms with Gasteiger partial charge in [-0.3, -0.25) is 0 Å². The average Bonchev–Trinajstić information content (AvgIpc) is 2.77. The van der Waals surface area contributed by atoms with E-state index >= 15 is 0 Å². The molecule has 0 aliphatic carbocycles. The predicted octanol–water partition coefficient (Wildman–Crippen LogP) is 3.32. The molecule has 0 aliphatic heterocycles. The summed E-state index contributed by atoms with van der Waals surface area (Å²) < 4.78 is 44.2. The molecular formula is C13H10F3NO3. The highest BCUT2D eigenvalue weighted by Gasteiger charge is 2.15. The van der Waals surface area contributed by atoms with Crippen LogP contribution < -0.4 is 5.32 Å². The molecular weight excluding hydrogens is 275 g/mol. The monoisotopic (exact) mass is 285 g/mol. The Balaban J connectivity index is 2.17. The van der Waals surface area contributed by atoms with Gasteiger partial charge < -0.3 is 14.8 Å². The highest BCUT2D eigenvalue weighted by molar-refractivity contribution is 5.84. The SMILES string of the molecule is Cc1oc(C(=O)O)cc1CNc1ccc(F)c(F)c1F. The summed E-state index contributed by atoms with van der Waals surface area (Å²) in [5.74, 6) is -5.29. The Hall–Kier alpha value is -2.44. The van der Waals surface area contributed by atoms with Crippen molar-refractivity contribution in [2.75, 3.05) is 5.32 Å². The van der Waals surface area contributed by atoms with E-state index in [-0.39, 0.29) is 18.0 Å². The Morgan fingerprint density at radius 2 is 2.00 bits per heavy atom. The number of carboxylic acid groups (broad SMARTS) is 1. The van der Waals surface area contributed by atoms with Crippen LogP contribution in [0.3, 0.4) is 0 Å². The van der Waals surface area contributed by atoms with Crippen molar-refractivity contribution in [1.82, 2.24) is 0 Å². The summed E-state index contributed by atoms with van der Waals surface area (Å²) in [6, 6.07) is 3.13. The number of hydrogen-bond acceptors (Lipinski definition) is 3. The Morgan fingerprint density at radius 1 is 1.30 bits per heavy atom. The van der Waals surface area contributed by atoms with Gasteiger partial charge in [0, 0.05) is 12.1 Å². The van der Waals surface area contributed by atoms with Crippen LogP contribution in [-0.2, 0) is 6.54 Å². The number of aryl methyl sites for hydroxylation is 1. The van der Waals surface area contributed by atoms with Gasteiger partial charge in [-0.1, -0.05) is 0 Å². The second-order valence-corrected chi connectivity index (χ2v) is 4.07. The highest BCUT2D eigenvalue weighted by atomic mass is 19.2. The molecule has 0 unspecified atom stereocenters. The third-order valence-corrected chi connectivity index (χ3v) is 2.74. The van der Waals surface area contributed by atoms with E-state index in [9.17, 15) is 18.0 Å². The number of anilines is 1. The van der Waals surface area contributed by atoms with E-state index in [0.717, 1.165) is 12.1 Å². The van der Waals surface area contributed by atoms with Crippen LogP contribution >= 0.6 is 0 Å². The molecule has 20 heavy (non-hydrogen) atoms. The van der Waals surface area contributed by atoms with Crippen LogP contribution in [-0.4, -0.2) is 11.1 Å². The van der Waals surface area contributed by atoms with Crippen molar-refractivity contribution in [3.05, 3.63) is 52.7 Å². The second kappa shape index (κ2) is 5.28. The fourth-order valence-electron chi connectivity index (χ4n) is 1.65. The Bertz CT molecular complexity index is 667. The smallest absolute Gasteiger partial charge is 0.371 e. The molecule has 2 rings (SSSR count). The quantitative estimate of drug-likeness (QED) is 0.846. The fraction of sp³-hybridized carbons (Fsp3) is 0.154. The summed E-state index contributed by atoms with van der Waals surface area (Å²) in [6.07, 6.45) is 0. The van der Waals surface area contributed by atoms with Crippen molar-refractivity contribution in [3.63, 3.8) is 0 Å². The number of carbonyl (C=O) groups is 1. The largest absolute Gasteiger partial charge is 0.475 e. The van der Waals surface area contributed by atoms with Gasteiger partial charge in [0.2, 0.25) is 5.76 Å². The van der Waals surface area contributed by atoms with Crippen LogP contribution in [0.25, 0.3) is 0 Å². The molecule has 1 heterocycles. The first-order chi connectivity index (χ1) is 9.40. The summed E-state index contributed by atoms with van der Waals surface area (Å²) in [7, 11) is 0. The number of halogens is 3. The zero-order valence-corrected chi connectivity index (χ0v) is 10.3. The molecule has 0 saturated heterocycles. The van der Waals surface area contributed by atoms with Crippen LogP contribution in [0.1, 0.15) is 21.9 Å². The lowest BCUT2D eigenvalue weighted by Crippen LogP contribution is -2.04. The maximum atomic E-state index is 13.4. The fourth-order valence-corrected chi connectivity index (χ4v) is 1.65. The van der Waals surface area contributed by atoms with Crippen molar-refractivity contribution in [2.24, 2.45) is 0 Å². The van der Waals surface area contributed by atoms with Gasteiger partial charge in [0.1, 0.15) is 5.76 Å². The van der Waals surface area contributed by atoms with Crippen LogP contribution in [0.15, 0.2) is 22.6 Å². The molecule has 106 valence electrons. The minimum atomic E-state index is -1.56. The number of carboxylic acids is 1. The minimum Gasteiger partial charge on any atom is -0.475 e. The molecule has 2 N–H and O–H groups in total. The number of furan rings is 1. The van der Waals surface area contributed by atoms with E-state index in [0.29, 0.717) is 11.3 Å². The molecule has 0 bridgehead atoms. The lowest BCUT2D eigenvalue weighted by molar-refractivity contribution is 0.0661. The summed E-state index contributed by atoms with van der Waals surface area (Å²) >= 11 is 0. The van der Waals surface area contributed by atoms with Crippen molar-refractivity contribution < 1.29 is 27.5 Å².